The molecule has 3 aromatic rings. The van der Waals surface area contributed by atoms with Crippen LogP contribution in [0.5, 0.6) is 5.75 Å². The third-order valence-electron chi connectivity index (χ3n) is 4.33. The van der Waals surface area contributed by atoms with Crippen LogP contribution in [0, 0.1) is 5.82 Å². The number of phenolic OH excluding ortho intramolecular Hbond substituents is 1. The van der Waals surface area contributed by atoms with Crippen molar-refractivity contribution in [1.82, 2.24) is 8.87 Å². The molecule has 2 aromatic carbocycles. The molecule has 0 aliphatic heterocycles. The Morgan fingerprint density at radius 2 is 1.73 bits per heavy atom. The smallest absolute Gasteiger partial charge is 0.410 e. The molecule has 178 valence electrons. The fraction of sp³-hybridized carbons (Fsp3) is 0.320. The Kier molecular flexibility index (Phi) is 8.82. The molecule has 0 saturated carbocycles. The Balaban J connectivity index is 0.00000187. The molecule has 1 atom stereocenters. The van der Waals surface area contributed by atoms with Crippen LogP contribution in [0.1, 0.15) is 40.2 Å². The highest BCUT2D eigenvalue weighted by Crippen LogP contribution is 2.28. The van der Waals surface area contributed by atoms with Crippen LogP contribution in [-0.2, 0) is 22.3 Å². The molecule has 0 radical (unpaired) electrons. The average molecular weight is 475 g/mol. The maximum atomic E-state index is 14.5. The summed E-state index contributed by atoms with van der Waals surface area (Å²) < 4.78 is 34.6. The Morgan fingerprint density at radius 1 is 1.12 bits per heavy atom. The second-order valence-corrected chi connectivity index (χ2v) is 9.48. The zero-order chi connectivity index (χ0) is 24.8. The molecule has 1 unspecified atom stereocenters. The summed E-state index contributed by atoms with van der Waals surface area (Å²) in [6.45, 7) is 9.54. The van der Waals surface area contributed by atoms with Crippen LogP contribution < -0.4 is 0 Å². The maximum absolute atomic E-state index is 14.5. The van der Waals surface area contributed by atoms with Crippen molar-refractivity contribution in [1.29, 1.82) is 0 Å². The highest BCUT2D eigenvalue weighted by molar-refractivity contribution is 7.83. The van der Waals surface area contributed by atoms with E-state index < -0.39 is 28.5 Å². The number of aromatic nitrogens is 1. The molecule has 1 aromatic heterocycles. The largest absolute Gasteiger partial charge is 0.508 e. The number of ether oxygens (including phenoxy) is 1. The van der Waals surface area contributed by atoms with Gasteiger partial charge in [0.2, 0.25) is 0 Å². The summed E-state index contributed by atoms with van der Waals surface area (Å²) in [6.07, 6.45) is 1.14. The van der Waals surface area contributed by atoms with Crippen molar-refractivity contribution in [3.05, 3.63) is 72.2 Å². The van der Waals surface area contributed by atoms with Crippen molar-refractivity contribution >= 4 is 17.1 Å². The van der Waals surface area contributed by atoms with Crippen LogP contribution >= 0.6 is 0 Å². The number of rotatable bonds is 5. The minimum absolute atomic E-state index is 0.0576. The first-order chi connectivity index (χ1) is 15.5. The van der Waals surface area contributed by atoms with Crippen LogP contribution in [0.15, 0.2) is 65.7 Å². The van der Waals surface area contributed by atoms with Gasteiger partial charge in [0.1, 0.15) is 17.2 Å². The standard InChI is InChI=1S/C23H25FN2O4S.C2H6/c1-23(2,3)30-22(28)25(4)14-16-13-21(19-7-5-6-8-20(19)24)26(15-16)31(29)18-11-9-17(27)10-12-18;1-2/h5-13,15,27H,14H2,1-4H3;1-2H3. The minimum Gasteiger partial charge on any atom is -0.508 e. The Morgan fingerprint density at radius 3 is 2.30 bits per heavy atom. The molecule has 3 rings (SSSR count). The van der Waals surface area contributed by atoms with Crippen molar-refractivity contribution in [2.75, 3.05) is 7.05 Å². The van der Waals surface area contributed by atoms with Crippen LogP contribution in [0.3, 0.4) is 0 Å². The van der Waals surface area contributed by atoms with Gasteiger partial charge in [-0.25, -0.2) is 13.4 Å². The summed E-state index contributed by atoms with van der Waals surface area (Å²) in [4.78, 5) is 14.2. The summed E-state index contributed by atoms with van der Waals surface area (Å²) in [5, 5.41) is 9.51. The van der Waals surface area contributed by atoms with E-state index in [1.54, 1.807) is 70.4 Å². The first-order valence-corrected chi connectivity index (χ1v) is 11.8. The SMILES string of the molecule is CC.CN(Cc1cc(-c2ccccc2F)n(S(=O)c2ccc(O)cc2)c1)C(=O)OC(C)(C)C. The van der Waals surface area contributed by atoms with Crippen molar-refractivity contribution < 1.29 is 23.2 Å². The third-order valence-corrected chi connectivity index (χ3v) is 5.67. The van der Waals surface area contributed by atoms with E-state index in [0.29, 0.717) is 21.7 Å². The first kappa shape index (κ1) is 26.1. The van der Waals surface area contributed by atoms with Gasteiger partial charge in [0.15, 0.2) is 11.0 Å². The van der Waals surface area contributed by atoms with E-state index in [0.717, 1.165) is 0 Å². The highest BCUT2D eigenvalue weighted by atomic mass is 32.2. The average Bonchev–Trinajstić information content (AvgIpc) is 3.17. The predicted molar refractivity (Wildman–Crippen MR) is 129 cm³/mol. The fourth-order valence-electron chi connectivity index (χ4n) is 2.94. The molecule has 0 spiro atoms. The zero-order valence-corrected chi connectivity index (χ0v) is 20.6. The molecule has 0 fully saturated rings. The number of hydrogen-bond donors (Lipinski definition) is 1. The van der Waals surface area contributed by atoms with Gasteiger partial charge in [0.05, 0.1) is 17.1 Å². The van der Waals surface area contributed by atoms with Crippen molar-refractivity contribution in [2.45, 2.75) is 51.7 Å². The highest BCUT2D eigenvalue weighted by Gasteiger charge is 2.22. The Hall–Kier alpha value is -3.13. The van der Waals surface area contributed by atoms with Gasteiger partial charge < -0.3 is 14.7 Å². The number of carbonyl (C=O) groups is 1. The topological polar surface area (TPSA) is 71.8 Å². The molecule has 8 heteroatoms. The molecule has 0 aliphatic rings. The number of phenols is 1. The number of hydrogen-bond acceptors (Lipinski definition) is 4. The van der Waals surface area contributed by atoms with E-state index in [9.17, 15) is 18.5 Å². The second kappa shape index (κ2) is 11.1. The van der Waals surface area contributed by atoms with Crippen molar-refractivity contribution in [3.63, 3.8) is 0 Å². The zero-order valence-electron chi connectivity index (χ0n) is 19.8. The van der Waals surface area contributed by atoms with Crippen LogP contribution in [-0.4, -0.2) is 36.9 Å². The fourth-order valence-corrected chi connectivity index (χ4v) is 4.10. The van der Waals surface area contributed by atoms with E-state index in [4.69, 9.17) is 4.74 Å². The summed E-state index contributed by atoms with van der Waals surface area (Å²) in [7, 11) is -0.0894. The van der Waals surface area contributed by atoms with Crippen LogP contribution in [0.4, 0.5) is 9.18 Å². The molecule has 0 bridgehead atoms. The van der Waals surface area contributed by atoms with Gasteiger partial charge in [0.25, 0.3) is 0 Å². The second-order valence-electron chi connectivity index (χ2n) is 8.12. The quantitative estimate of drug-likeness (QED) is 0.495. The lowest BCUT2D eigenvalue weighted by Crippen LogP contribution is -2.33. The predicted octanol–water partition coefficient (Wildman–Crippen LogP) is 5.96. The minimum atomic E-state index is -1.69. The molecule has 1 amide bonds. The van der Waals surface area contributed by atoms with E-state index in [1.807, 2.05) is 13.8 Å². The summed E-state index contributed by atoms with van der Waals surface area (Å²) in [6, 6.07) is 13.9. The van der Waals surface area contributed by atoms with Gasteiger partial charge >= 0.3 is 6.09 Å². The molecule has 6 nitrogen and oxygen atoms in total. The van der Waals surface area contributed by atoms with Gasteiger partial charge in [-0.3, -0.25) is 3.97 Å². The van der Waals surface area contributed by atoms with Gasteiger partial charge in [-0.2, -0.15) is 0 Å². The van der Waals surface area contributed by atoms with E-state index in [2.05, 4.69) is 0 Å². The lowest BCUT2D eigenvalue weighted by molar-refractivity contribution is 0.0285. The van der Waals surface area contributed by atoms with E-state index >= 15 is 0 Å². The third kappa shape index (κ3) is 6.92. The lowest BCUT2D eigenvalue weighted by Gasteiger charge is -2.24. The molecule has 1 heterocycles. The maximum Gasteiger partial charge on any atom is 0.410 e. The summed E-state index contributed by atoms with van der Waals surface area (Å²) in [5.41, 5.74) is 0.743. The van der Waals surface area contributed by atoms with Crippen molar-refractivity contribution in [2.24, 2.45) is 0 Å². The molecule has 1 N–H and O–H groups in total. The summed E-state index contributed by atoms with van der Waals surface area (Å²) in [5.74, 6) is -0.390. The normalized spacial score (nSPS) is 11.8. The number of benzene rings is 2. The van der Waals surface area contributed by atoms with Gasteiger partial charge in [-0.15, -0.1) is 0 Å². The van der Waals surface area contributed by atoms with Crippen molar-refractivity contribution in [3.8, 4) is 17.0 Å². The van der Waals surface area contributed by atoms with E-state index in [-0.39, 0.29) is 12.3 Å². The van der Waals surface area contributed by atoms with Gasteiger partial charge in [-0.05, 0) is 68.8 Å². The first-order valence-electron chi connectivity index (χ1n) is 10.7. The number of aromatic hydroxyl groups is 1. The molecular weight excluding hydrogens is 443 g/mol. The Bertz CT molecular complexity index is 1100. The lowest BCUT2D eigenvalue weighted by atomic mass is 10.1. The Labute approximate surface area is 197 Å². The number of carbonyl (C=O) groups excluding carboxylic acids is 1. The molecule has 0 saturated heterocycles. The number of halogens is 1. The summed E-state index contributed by atoms with van der Waals surface area (Å²) >= 11 is 0. The number of amides is 1. The van der Waals surface area contributed by atoms with Gasteiger partial charge in [-0.1, -0.05) is 26.0 Å². The number of nitrogens with zero attached hydrogens (tertiary/aromatic N) is 2. The van der Waals surface area contributed by atoms with Gasteiger partial charge in [0, 0.05) is 18.8 Å². The molecule has 0 aliphatic carbocycles. The molecule has 33 heavy (non-hydrogen) atoms. The van der Waals surface area contributed by atoms with Crippen LogP contribution in [0.2, 0.25) is 0 Å². The molecular formula is C25H31FN2O4S. The van der Waals surface area contributed by atoms with E-state index in [1.165, 1.54) is 27.1 Å². The van der Waals surface area contributed by atoms with Crippen LogP contribution in [0.25, 0.3) is 11.3 Å². The monoisotopic (exact) mass is 474 g/mol.